The Morgan fingerprint density at radius 3 is 2.58 bits per heavy atom. The molecule has 0 spiro atoms. The number of benzene rings is 2. The third-order valence-corrected chi connectivity index (χ3v) is 2.97. The summed E-state index contributed by atoms with van der Waals surface area (Å²) in [6, 6.07) is 8.07. The second-order valence-corrected chi connectivity index (χ2v) is 4.50. The van der Waals surface area contributed by atoms with Crippen LogP contribution in [0.5, 0.6) is 0 Å². The highest BCUT2D eigenvalue weighted by Crippen LogP contribution is 2.26. The van der Waals surface area contributed by atoms with Crippen molar-refractivity contribution in [1.29, 1.82) is 0 Å². The molecular weight excluding hydrogens is 272 g/mol. The Balaban J connectivity index is 2.35. The average Bonchev–Trinajstić information content (AvgIpc) is 2.63. The average molecular weight is 280 g/mol. The molecule has 3 rings (SSSR count). The smallest absolute Gasteiger partial charge is 0.205 e. The zero-order valence-electron chi connectivity index (χ0n) is 9.57. The molecule has 0 saturated heterocycles. The molecule has 6 heteroatoms. The molecule has 0 amide bonds. The first kappa shape index (κ1) is 11.9. The van der Waals surface area contributed by atoms with Crippen molar-refractivity contribution < 1.29 is 8.78 Å². The van der Waals surface area contributed by atoms with Crippen molar-refractivity contribution in [3.63, 3.8) is 0 Å². The molecule has 0 fully saturated rings. The van der Waals surface area contributed by atoms with E-state index in [0.29, 0.717) is 16.7 Å². The van der Waals surface area contributed by atoms with E-state index in [1.807, 2.05) is 0 Å². The lowest BCUT2D eigenvalue weighted by Crippen LogP contribution is -2.01. The summed E-state index contributed by atoms with van der Waals surface area (Å²) in [6.07, 6.45) is 0. The van der Waals surface area contributed by atoms with Gasteiger partial charge in [-0.15, -0.1) is 0 Å². The fraction of sp³-hybridized carbons (Fsp3) is 0. The minimum Gasteiger partial charge on any atom is -0.369 e. The predicted octanol–water partition coefficient (Wildman–Crippen LogP) is 3.54. The Kier molecular flexibility index (Phi) is 2.64. The molecule has 2 N–H and O–H groups in total. The van der Waals surface area contributed by atoms with Crippen molar-refractivity contribution in [3.8, 4) is 5.69 Å². The van der Waals surface area contributed by atoms with Crippen LogP contribution in [0, 0.1) is 11.6 Å². The number of fused-ring (bicyclic) bond motifs is 1. The van der Waals surface area contributed by atoms with E-state index in [1.165, 1.54) is 41.0 Å². The van der Waals surface area contributed by atoms with E-state index in [1.54, 1.807) is 0 Å². The van der Waals surface area contributed by atoms with Crippen LogP contribution < -0.4 is 5.73 Å². The highest BCUT2D eigenvalue weighted by molar-refractivity contribution is 6.30. The van der Waals surface area contributed by atoms with E-state index >= 15 is 0 Å². The summed E-state index contributed by atoms with van der Waals surface area (Å²) >= 11 is 5.81. The number of imidazole rings is 1. The Hall–Kier alpha value is -2.14. The summed E-state index contributed by atoms with van der Waals surface area (Å²) in [6.45, 7) is 0. The van der Waals surface area contributed by atoms with E-state index in [4.69, 9.17) is 17.3 Å². The van der Waals surface area contributed by atoms with Crippen LogP contribution in [-0.4, -0.2) is 9.55 Å². The van der Waals surface area contributed by atoms with Gasteiger partial charge < -0.3 is 5.73 Å². The van der Waals surface area contributed by atoms with Crippen LogP contribution in [0.3, 0.4) is 0 Å². The third-order valence-electron chi connectivity index (χ3n) is 2.75. The summed E-state index contributed by atoms with van der Waals surface area (Å²) < 4.78 is 28.2. The van der Waals surface area contributed by atoms with Crippen LogP contribution in [0.4, 0.5) is 14.7 Å². The summed E-state index contributed by atoms with van der Waals surface area (Å²) in [7, 11) is 0. The van der Waals surface area contributed by atoms with Crippen molar-refractivity contribution in [2.24, 2.45) is 0 Å². The Labute approximate surface area is 112 Å². The molecule has 19 heavy (non-hydrogen) atoms. The number of nitrogen functional groups attached to an aromatic ring is 1. The Morgan fingerprint density at radius 2 is 1.84 bits per heavy atom. The van der Waals surface area contributed by atoms with Gasteiger partial charge in [-0.1, -0.05) is 11.6 Å². The molecule has 0 aliphatic rings. The summed E-state index contributed by atoms with van der Waals surface area (Å²) in [5.41, 5.74) is 7.18. The van der Waals surface area contributed by atoms with Crippen molar-refractivity contribution >= 4 is 28.6 Å². The number of hydrogen-bond donors (Lipinski definition) is 1. The van der Waals surface area contributed by atoms with Gasteiger partial charge in [0.15, 0.2) is 0 Å². The van der Waals surface area contributed by atoms with Crippen LogP contribution in [0.15, 0.2) is 36.4 Å². The van der Waals surface area contributed by atoms with Crippen LogP contribution >= 0.6 is 11.6 Å². The molecule has 0 atom stereocenters. The van der Waals surface area contributed by atoms with Crippen molar-refractivity contribution in [1.82, 2.24) is 9.55 Å². The van der Waals surface area contributed by atoms with E-state index in [2.05, 4.69) is 4.98 Å². The molecule has 1 aromatic heterocycles. The van der Waals surface area contributed by atoms with Gasteiger partial charge in [0.05, 0.1) is 16.7 Å². The zero-order valence-corrected chi connectivity index (χ0v) is 10.3. The van der Waals surface area contributed by atoms with Gasteiger partial charge in [-0.05, 0) is 30.3 Å². The highest BCUT2D eigenvalue weighted by Gasteiger charge is 2.12. The van der Waals surface area contributed by atoms with Crippen molar-refractivity contribution in [3.05, 3.63) is 53.1 Å². The molecule has 1 heterocycles. The zero-order chi connectivity index (χ0) is 13.6. The number of nitrogens with zero attached hydrogens (tertiary/aromatic N) is 2. The minimum absolute atomic E-state index is 0.141. The third kappa shape index (κ3) is 2.02. The molecule has 0 radical (unpaired) electrons. The van der Waals surface area contributed by atoms with E-state index < -0.39 is 11.6 Å². The van der Waals surface area contributed by atoms with Crippen LogP contribution in [0.1, 0.15) is 0 Å². The van der Waals surface area contributed by atoms with E-state index in [-0.39, 0.29) is 11.0 Å². The lowest BCUT2D eigenvalue weighted by molar-refractivity contribution is 0.626. The van der Waals surface area contributed by atoms with Crippen molar-refractivity contribution in [2.75, 3.05) is 5.73 Å². The quantitative estimate of drug-likeness (QED) is 0.740. The van der Waals surface area contributed by atoms with Gasteiger partial charge in [0.25, 0.3) is 0 Å². The SMILES string of the molecule is Nc1nc2ccc(F)cc2n1-c1cc(F)cc(Cl)c1. The van der Waals surface area contributed by atoms with Crippen LogP contribution in [-0.2, 0) is 0 Å². The number of nitrogens with two attached hydrogens (primary N) is 1. The number of halogens is 3. The van der Waals surface area contributed by atoms with Gasteiger partial charge in [0.2, 0.25) is 5.95 Å². The largest absolute Gasteiger partial charge is 0.369 e. The number of hydrogen-bond acceptors (Lipinski definition) is 2. The number of rotatable bonds is 1. The number of aromatic nitrogens is 2. The molecule has 3 aromatic rings. The second kappa shape index (κ2) is 4.20. The van der Waals surface area contributed by atoms with Crippen LogP contribution in [0.25, 0.3) is 16.7 Å². The molecule has 3 nitrogen and oxygen atoms in total. The Morgan fingerprint density at radius 1 is 1.05 bits per heavy atom. The lowest BCUT2D eigenvalue weighted by Gasteiger charge is -2.07. The second-order valence-electron chi connectivity index (χ2n) is 4.07. The molecule has 0 bridgehead atoms. The predicted molar refractivity (Wildman–Crippen MR) is 70.4 cm³/mol. The Bertz CT molecular complexity index is 763. The van der Waals surface area contributed by atoms with Gasteiger partial charge in [-0.2, -0.15) is 0 Å². The van der Waals surface area contributed by atoms with Gasteiger partial charge in [-0.25, -0.2) is 13.8 Å². The molecule has 0 aliphatic heterocycles. The molecule has 96 valence electrons. The summed E-state index contributed by atoms with van der Waals surface area (Å²) in [4.78, 5) is 4.10. The normalized spacial score (nSPS) is 11.1. The monoisotopic (exact) mass is 279 g/mol. The molecular formula is C13H8ClF2N3. The van der Waals surface area contributed by atoms with Crippen molar-refractivity contribution in [2.45, 2.75) is 0 Å². The minimum atomic E-state index is -0.500. The first-order valence-corrected chi connectivity index (χ1v) is 5.82. The maximum Gasteiger partial charge on any atom is 0.205 e. The molecule has 0 unspecified atom stereocenters. The fourth-order valence-corrected chi connectivity index (χ4v) is 2.22. The summed E-state index contributed by atoms with van der Waals surface area (Å²) in [5, 5.41) is 0.229. The molecule has 2 aromatic carbocycles. The lowest BCUT2D eigenvalue weighted by atomic mass is 10.2. The molecule has 0 aliphatic carbocycles. The number of anilines is 1. The van der Waals surface area contributed by atoms with Gasteiger partial charge in [-0.3, -0.25) is 4.57 Å². The van der Waals surface area contributed by atoms with Crippen LogP contribution in [0.2, 0.25) is 5.02 Å². The molecule has 0 saturated carbocycles. The van der Waals surface area contributed by atoms with Gasteiger partial charge in [0.1, 0.15) is 11.6 Å². The van der Waals surface area contributed by atoms with Gasteiger partial charge in [0, 0.05) is 11.1 Å². The maximum absolute atomic E-state index is 13.4. The fourth-order valence-electron chi connectivity index (χ4n) is 2.01. The summed E-state index contributed by atoms with van der Waals surface area (Å²) in [5.74, 6) is -0.779. The van der Waals surface area contributed by atoms with Gasteiger partial charge >= 0.3 is 0 Å². The maximum atomic E-state index is 13.4. The van der Waals surface area contributed by atoms with E-state index in [9.17, 15) is 8.78 Å². The van der Waals surface area contributed by atoms with E-state index in [0.717, 1.165) is 0 Å². The topological polar surface area (TPSA) is 43.8 Å². The standard InChI is InChI=1S/C13H8ClF2N3/c14-7-3-9(16)5-10(4-7)19-12-6-8(15)1-2-11(12)18-13(19)17/h1-6H,(H2,17,18). The first-order chi connectivity index (χ1) is 9.04. The first-order valence-electron chi connectivity index (χ1n) is 5.44. The highest BCUT2D eigenvalue weighted by atomic mass is 35.5.